The zero-order valence-corrected chi connectivity index (χ0v) is 16.8. The fraction of sp³-hybridized carbons (Fsp3) is 0.348. The smallest absolute Gasteiger partial charge is 0.331 e. The van der Waals surface area contributed by atoms with E-state index in [1.54, 1.807) is 13.0 Å². The number of rotatable bonds is 5. The van der Waals surface area contributed by atoms with Gasteiger partial charge in [-0.3, -0.25) is 0 Å². The number of nitrogens with one attached hydrogen (secondary N) is 1. The van der Waals surface area contributed by atoms with Crippen LogP contribution in [0.25, 0.3) is 17.2 Å². The van der Waals surface area contributed by atoms with Crippen molar-refractivity contribution in [1.82, 2.24) is 0 Å². The molecule has 0 spiro atoms. The van der Waals surface area contributed by atoms with Crippen molar-refractivity contribution in [2.75, 3.05) is 5.32 Å². The van der Waals surface area contributed by atoms with E-state index in [4.69, 9.17) is 0 Å². The van der Waals surface area contributed by atoms with E-state index in [1.165, 1.54) is 22.3 Å². The highest BCUT2D eigenvalue weighted by Gasteiger charge is 2.16. The zero-order chi connectivity index (χ0) is 19.6. The third-order valence-electron chi connectivity index (χ3n) is 5.01. The van der Waals surface area contributed by atoms with Gasteiger partial charge in [0.15, 0.2) is 0 Å². The van der Waals surface area contributed by atoms with Crippen LogP contribution in [-0.2, 0) is 4.79 Å². The fourth-order valence-electron chi connectivity index (χ4n) is 3.34. The topological polar surface area (TPSA) is 49.3 Å². The second-order valence-corrected chi connectivity index (χ2v) is 7.30. The minimum absolute atomic E-state index is 0.354. The van der Waals surface area contributed by atoms with Gasteiger partial charge < -0.3 is 10.4 Å². The summed E-state index contributed by atoms with van der Waals surface area (Å²) in [5, 5.41) is 12.6. The predicted molar refractivity (Wildman–Crippen MR) is 111 cm³/mol. The SMILES string of the molecule is C/C(=C\c1c(C)c(C)c(-c2ccc(NC(C)C)cc2)c(C)c1C)C(=O)O. The van der Waals surface area contributed by atoms with Gasteiger partial charge in [0.05, 0.1) is 0 Å². The van der Waals surface area contributed by atoms with Gasteiger partial charge in [0, 0.05) is 17.3 Å². The monoisotopic (exact) mass is 351 g/mol. The second-order valence-electron chi connectivity index (χ2n) is 7.30. The van der Waals surface area contributed by atoms with Crippen LogP contribution in [0.3, 0.4) is 0 Å². The molecule has 0 saturated heterocycles. The Morgan fingerprint density at radius 1 is 0.962 bits per heavy atom. The highest BCUT2D eigenvalue weighted by atomic mass is 16.4. The molecule has 0 unspecified atom stereocenters. The molecule has 0 heterocycles. The van der Waals surface area contributed by atoms with Crippen LogP contribution >= 0.6 is 0 Å². The Bertz CT molecular complexity index is 830. The van der Waals surface area contributed by atoms with Gasteiger partial charge in [0.1, 0.15) is 0 Å². The molecule has 3 nitrogen and oxygen atoms in total. The molecule has 138 valence electrons. The molecule has 2 aromatic carbocycles. The Labute approximate surface area is 156 Å². The third-order valence-corrected chi connectivity index (χ3v) is 5.01. The average Bonchev–Trinajstić information content (AvgIpc) is 2.58. The molecule has 0 aliphatic rings. The first kappa shape index (κ1) is 19.8. The molecule has 2 aromatic rings. The first-order valence-electron chi connectivity index (χ1n) is 9.02. The lowest BCUT2D eigenvalue weighted by Crippen LogP contribution is -2.09. The average molecular weight is 351 g/mol. The van der Waals surface area contributed by atoms with Gasteiger partial charge in [-0.05, 0) is 106 Å². The van der Waals surface area contributed by atoms with Gasteiger partial charge in [-0.15, -0.1) is 0 Å². The number of benzene rings is 2. The predicted octanol–water partition coefficient (Wildman–Crippen LogP) is 5.90. The van der Waals surface area contributed by atoms with Crippen LogP contribution in [0.2, 0.25) is 0 Å². The molecule has 0 fully saturated rings. The molecule has 2 N–H and O–H groups in total. The standard InChI is InChI=1S/C23H29NO2/c1-13(2)24-20-10-8-19(9-11-20)22-17(6)15(4)21(16(5)18(22)7)12-14(3)23(25)26/h8-13,24H,1-7H3,(H,25,26)/b14-12+. The van der Waals surface area contributed by atoms with Crippen molar-refractivity contribution < 1.29 is 9.90 Å². The van der Waals surface area contributed by atoms with Crippen molar-refractivity contribution in [3.63, 3.8) is 0 Å². The van der Waals surface area contributed by atoms with Gasteiger partial charge in [-0.1, -0.05) is 12.1 Å². The Morgan fingerprint density at radius 2 is 1.46 bits per heavy atom. The van der Waals surface area contributed by atoms with E-state index in [0.29, 0.717) is 11.6 Å². The van der Waals surface area contributed by atoms with E-state index < -0.39 is 5.97 Å². The fourth-order valence-corrected chi connectivity index (χ4v) is 3.34. The lowest BCUT2D eigenvalue weighted by atomic mass is 9.85. The molecule has 26 heavy (non-hydrogen) atoms. The van der Waals surface area contributed by atoms with E-state index in [9.17, 15) is 9.90 Å². The molecule has 0 bridgehead atoms. The number of hydrogen-bond donors (Lipinski definition) is 2. The maximum atomic E-state index is 11.2. The molecule has 0 aliphatic heterocycles. The Hall–Kier alpha value is -2.55. The number of hydrogen-bond acceptors (Lipinski definition) is 2. The summed E-state index contributed by atoms with van der Waals surface area (Å²) in [5.41, 5.74) is 9.57. The highest BCUT2D eigenvalue weighted by molar-refractivity contribution is 5.92. The summed E-state index contributed by atoms with van der Waals surface area (Å²) in [5.74, 6) is -0.878. The quantitative estimate of drug-likeness (QED) is 0.660. The molecule has 3 heteroatoms. The molecule has 0 atom stereocenters. The van der Waals surface area contributed by atoms with Crippen molar-refractivity contribution in [1.29, 1.82) is 0 Å². The molecule has 2 rings (SSSR count). The number of anilines is 1. The summed E-state index contributed by atoms with van der Waals surface area (Å²) in [7, 11) is 0. The second kappa shape index (κ2) is 7.77. The van der Waals surface area contributed by atoms with Gasteiger partial charge >= 0.3 is 5.97 Å². The first-order chi connectivity index (χ1) is 12.1. The lowest BCUT2D eigenvalue weighted by Gasteiger charge is -2.20. The van der Waals surface area contributed by atoms with Crippen molar-refractivity contribution in [2.24, 2.45) is 0 Å². The summed E-state index contributed by atoms with van der Waals surface area (Å²) in [4.78, 5) is 11.2. The van der Waals surface area contributed by atoms with E-state index in [-0.39, 0.29) is 0 Å². The Kier molecular flexibility index (Phi) is 5.91. The number of aliphatic carboxylic acids is 1. The molecule has 0 saturated carbocycles. The van der Waals surface area contributed by atoms with Crippen LogP contribution < -0.4 is 5.32 Å². The Morgan fingerprint density at radius 3 is 1.88 bits per heavy atom. The molecule has 0 aliphatic carbocycles. The number of carboxylic acid groups (broad SMARTS) is 1. The summed E-state index contributed by atoms with van der Waals surface area (Å²) >= 11 is 0. The number of carboxylic acids is 1. The normalized spacial score (nSPS) is 11.8. The Balaban J connectivity index is 2.58. The van der Waals surface area contributed by atoms with Gasteiger partial charge in [-0.2, -0.15) is 0 Å². The molecule has 0 aromatic heterocycles. The van der Waals surface area contributed by atoms with E-state index in [1.807, 2.05) is 0 Å². The summed E-state index contributed by atoms with van der Waals surface area (Å²) in [6.07, 6.45) is 1.78. The van der Waals surface area contributed by atoms with Crippen molar-refractivity contribution in [3.8, 4) is 11.1 Å². The summed E-state index contributed by atoms with van der Waals surface area (Å²) in [6.45, 7) is 14.3. The largest absolute Gasteiger partial charge is 0.478 e. The van der Waals surface area contributed by atoms with Crippen LogP contribution in [0.4, 0.5) is 5.69 Å². The minimum Gasteiger partial charge on any atom is -0.478 e. The van der Waals surface area contributed by atoms with Crippen LogP contribution in [0.1, 0.15) is 48.6 Å². The van der Waals surface area contributed by atoms with E-state index in [0.717, 1.165) is 22.4 Å². The van der Waals surface area contributed by atoms with Crippen LogP contribution in [0.15, 0.2) is 29.8 Å². The van der Waals surface area contributed by atoms with Crippen LogP contribution in [-0.4, -0.2) is 17.1 Å². The highest BCUT2D eigenvalue weighted by Crippen LogP contribution is 2.35. The minimum atomic E-state index is -0.878. The van der Waals surface area contributed by atoms with E-state index in [2.05, 4.69) is 71.1 Å². The van der Waals surface area contributed by atoms with Gasteiger partial charge in [-0.25, -0.2) is 4.79 Å². The maximum Gasteiger partial charge on any atom is 0.331 e. The maximum absolute atomic E-state index is 11.2. The molecular formula is C23H29NO2. The molecule has 0 radical (unpaired) electrons. The van der Waals surface area contributed by atoms with Gasteiger partial charge in [0.25, 0.3) is 0 Å². The number of carbonyl (C=O) groups is 1. The van der Waals surface area contributed by atoms with Crippen molar-refractivity contribution >= 4 is 17.7 Å². The molecule has 0 amide bonds. The third kappa shape index (κ3) is 3.98. The van der Waals surface area contributed by atoms with Crippen LogP contribution in [0, 0.1) is 27.7 Å². The molecular weight excluding hydrogens is 322 g/mol. The summed E-state index contributed by atoms with van der Waals surface area (Å²) in [6, 6.07) is 8.92. The van der Waals surface area contributed by atoms with Gasteiger partial charge in [0.2, 0.25) is 0 Å². The first-order valence-corrected chi connectivity index (χ1v) is 9.02. The van der Waals surface area contributed by atoms with Crippen molar-refractivity contribution in [2.45, 2.75) is 54.5 Å². The van der Waals surface area contributed by atoms with Crippen LogP contribution in [0.5, 0.6) is 0 Å². The zero-order valence-electron chi connectivity index (χ0n) is 16.8. The van der Waals surface area contributed by atoms with Crippen molar-refractivity contribution in [3.05, 3.63) is 57.7 Å². The van der Waals surface area contributed by atoms with E-state index >= 15 is 0 Å². The summed E-state index contributed by atoms with van der Waals surface area (Å²) < 4.78 is 0. The lowest BCUT2D eigenvalue weighted by molar-refractivity contribution is -0.132.